The van der Waals surface area contributed by atoms with E-state index >= 15 is 0 Å². The Labute approximate surface area is 98.1 Å². The molecule has 1 aromatic carbocycles. The third-order valence-corrected chi connectivity index (χ3v) is 4.09. The first-order valence-corrected chi connectivity index (χ1v) is 7.00. The van der Waals surface area contributed by atoms with Gasteiger partial charge in [0.2, 0.25) is 10.0 Å². The van der Waals surface area contributed by atoms with Crippen LogP contribution in [0.4, 0.5) is 0 Å². The Morgan fingerprint density at radius 3 is 2.25 bits per heavy atom. The number of rotatable bonds is 5. The Morgan fingerprint density at radius 1 is 1.19 bits per heavy atom. The molecule has 0 saturated carbocycles. The van der Waals surface area contributed by atoms with Gasteiger partial charge in [0.1, 0.15) is 0 Å². The summed E-state index contributed by atoms with van der Waals surface area (Å²) in [7, 11) is -1.54. The van der Waals surface area contributed by atoms with E-state index in [0.29, 0.717) is 12.5 Å². The van der Waals surface area contributed by atoms with Crippen molar-refractivity contribution >= 4 is 10.0 Å². The quantitative estimate of drug-likeness (QED) is 0.791. The van der Waals surface area contributed by atoms with Gasteiger partial charge in [-0.15, -0.1) is 0 Å². The largest absolute Gasteiger partial charge is 0.218 e. The molecule has 3 nitrogen and oxygen atoms in total. The fourth-order valence-electron chi connectivity index (χ4n) is 1.52. The third-order valence-electron chi connectivity index (χ3n) is 2.29. The van der Waals surface area contributed by atoms with Crippen LogP contribution in [0.3, 0.4) is 0 Å². The maximum absolute atomic E-state index is 12.0. The van der Waals surface area contributed by atoms with Crippen LogP contribution in [0.25, 0.3) is 0 Å². The highest BCUT2D eigenvalue weighted by atomic mass is 32.2. The first-order valence-electron chi connectivity index (χ1n) is 5.40. The van der Waals surface area contributed by atoms with E-state index in [9.17, 15) is 8.42 Å². The highest BCUT2D eigenvalue weighted by Gasteiger charge is 2.18. The molecule has 0 bridgehead atoms. The Bertz CT molecular complexity index is 412. The molecule has 0 fully saturated rings. The molecule has 0 aliphatic rings. The molecule has 0 radical (unpaired) electrons. The average molecular weight is 241 g/mol. The standard InChI is InChI=1S/C12H19NO2S/c1-11(2)9-13(3)16(14,15)10-12-7-5-4-6-8-12/h4-8,11H,9-10H2,1-3H3. The van der Waals surface area contributed by atoms with E-state index in [-0.39, 0.29) is 5.75 Å². The average Bonchev–Trinajstić information content (AvgIpc) is 2.17. The molecule has 1 rings (SSSR count). The van der Waals surface area contributed by atoms with E-state index in [2.05, 4.69) is 0 Å². The van der Waals surface area contributed by atoms with Crippen LogP contribution in [0.2, 0.25) is 0 Å². The van der Waals surface area contributed by atoms with Gasteiger partial charge in [-0.2, -0.15) is 0 Å². The molecule has 0 aromatic heterocycles. The molecule has 0 N–H and O–H groups in total. The normalized spacial score (nSPS) is 12.3. The van der Waals surface area contributed by atoms with Crippen molar-refractivity contribution in [1.82, 2.24) is 4.31 Å². The zero-order valence-electron chi connectivity index (χ0n) is 10.1. The fourth-order valence-corrected chi connectivity index (χ4v) is 2.88. The highest BCUT2D eigenvalue weighted by molar-refractivity contribution is 7.88. The lowest BCUT2D eigenvalue weighted by atomic mass is 10.2. The number of hydrogen-bond donors (Lipinski definition) is 0. The first kappa shape index (κ1) is 13.2. The van der Waals surface area contributed by atoms with Crippen molar-refractivity contribution in [2.45, 2.75) is 19.6 Å². The lowest BCUT2D eigenvalue weighted by Crippen LogP contribution is -2.31. The van der Waals surface area contributed by atoms with Crippen LogP contribution < -0.4 is 0 Å². The molecular formula is C12H19NO2S. The van der Waals surface area contributed by atoms with Crippen molar-refractivity contribution < 1.29 is 8.42 Å². The minimum absolute atomic E-state index is 0.0804. The summed E-state index contributed by atoms with van der Waals surface area (Å²) < 4.78 is 25.4. The van der Waals surface area contributed by atoms with Gasteiger partial charge in [0, 0.05) is 13.6 Å². The second-order valence-corrected chi connectivity index (χ2v) is 6.49. The topological polar surface area (TPSA) is 37.4 Å². The predicted molar refractivity (Wildman–Crippen MR) is 66.5 cm³/mol. The summed E-state index contributed by atoms with van der Waals surface area (Å²) in [6.45, 7) is 4.58. The molecule has 0 aliphatic heterocycles. The molecule has 1 aromatic rings. The molecule has 0 unspecified atom stereocenters. The molecule has 0 amide bonds. The van der Waals surface area contributed by atoms with E-state index in [1.807, 2.05) is 44.2 Å². The molecule has 0 aliphatic carbocycles. The summed E-state index contributed by atoms with van der Waals surface area (Å²) in [5.41, 5.74) is 0.832. The van der Waals surface area contributed by atoms with Gasteiger partial charge in [0.15, 0.2) is 0 Å². The summed E-state index contributed by atoms with van der Waals surface area (Å²) >= 11 is 0. The van der Waals surface area contributed by atoms with Crippen LogP contribution >= 0.6 is 0 Å². The van der Waals surface area contributed by atoms with Crippen molar-refractivity contribution in [3.63, 3.8) is 0 Å². The summed E-state index contributed by atoms with van der Waals surface area (Å²) in [4.78, 5) is 0. The number of sulfonamides is 1. The van der Waals surface area contributed by atoms with Crippen molar-refractivity contribution in [2.24, 2.45) is 5.92 Å². The van der Waals surface area contributed by atoms with Gasteiger partial charge in [0.25, 0.3) is 0 Å². The second-order valence-electron chi connectivity index (χ2n) is 4.42. The van der Waals surface area contributed by atoms with E-state index in [0.717, 1.165) is 5.56 Å². The second kappa shape index (κ2) is 5.46. The van der Waals surface area contributed by atoms with Gasteiger partial charge < -0.3 is 0 Å². The van der Waals surface area contributed by atoms with Gasteiger partial charge in [-0.05, 0) is 11.5 Å². The zero-order chi connectivity index (χ0) is 12.2. The number of benzene rings is 1. The number of hydrogen-bond acceptors (Lipinski definition) is 2. The van der Waals surface area contributed by atoms with Crippen molar-refractivity contribution in [3.8, 4) is 0 Å². The number of nitrogens with zero attached hydrogens (tertiary/aromatic N) is 1. The minimum Gasteiger partial charge on any atom is -0.212 e. The van der Waals surface area contributed by atoms with Crippen molar-refractivity contribution in [3.05, 3.63) is 35.9 Å². The van der Waals surface area contributed by atoms with Gasteiger partial charge in [-0.3, -0.25) is 0 Å². The smallest absolute Gasteiger partial charge is 0.212 e. The molecule has 4 heteroatoms. The van der Waals surface area contributed by atoms with E-state index in [1.54, 1.807) is 7.05 Å². The van der Waals surface area contributed by atoms with Crippen molar-refractivity contribution in [2.75, 3.05) is 13.6 Å². The summed E-state index contributed by atoms with van der Waals surface area (Å²) in [6, 6.07) is 9.26. The molecule has 90 valence electrons. The highest BCUT2D eigenvalue weighted by Crippen LogP contribution is 2.10. The van der Waals surface area contributed by atoms with Crippen LogP contribution in [0.5, 0.6) is 0 Å². The molecule has 16 heavy (non-hydrogen) atoms. The van der Waals surface area contributed by atoms with Crippen LogP contribution in [0, 0.1) is 5.92 Å². The van der Waals surface area contributed by atoms with Crippen LogP contribution in [0.15, 0.2) is 30.3 Å². The Kier molecular flexibility index (Phi) is 4.50. The molecule has 0 spiro atoms. The molecule has 0 atom stereocenters. The van der Waals surface area contributed by atoms with Gasteiger partial charge in [-0.25, -0.2) is 12.7 Å². The van der Waals surface area contributed by atoms with E-state index in [4.69, 9.17) is 0 Å². The summed E-state index contributed by atoms with van der Waals surface area (Å²) in [5.74, 6) is 0.424. The third kappa shape index (κ3) is 3.94. The SMILES string of the molecule is CC(C)CN(C)S(=O)(=O)Cc1ccccc1. The van der Waals surface area contributed by atoms with Gasteiger partial charge in [-0.1, -0.05) is 44.2 Å². The van der Waals surface area contributed by atoms with E-state index < -0.39 is 10.0 Å². The molecule has 0 heterocycles. The van der Waals surface area contributed by atoms with Gasteiger partial charge >= 0.3 is 0 Å². The van der Waals surface area contributed by atoms with Crippen LogP contribution in [-0.4, -0.2) is 26.3 Å². The molecular weight excluding hydrogens is 222 g/mol. The van der Waals surface area contributed by atoms with Crippen LogP contribution in [0.1, 0.15) is 19.4 Å². The predicted octanol–water partition coefficient (Wildman–Crippen LogP) is 2.10. The maximum atomic E-state index is 12.0. The Hall–Kier alpha value is -0.870. The van der Waals surface area contributed by atoms with E-state index in [1.165, 1.54) is 4.31 Å². The zero-order valence-corrected chi connectivity index (χ0v) is 10.9. The van der Waals surface area contributed by atoms with Crippen LogP contribution in [-0.2, 0) is 15.8 Å². The summed E-state index contributed by atoms with van der Waals surface area (Å²) in [5, 5.41) is 0. The Morgan fingerprint density at radius 2 is 1.75 bits per heavy atom. The monoisotopic (exact) mass is 241 g/mol. The van der Waals surface area contributed by atoms with Crippen molar-refractivity contribution in [1.29, 1.82) is 0 Å². The first-order chi connectivity index (χ1) is 7.42. The summed E-state index contributed by atoms with van der Waals surface area (Å²) in [6.07, 6.45) is 0. The molecule has 0 saturated heterocycles. The lowest BCUT2D eigenvalue weighted by molar-refractivity contribution is 0.416. The maximum Gasteiger partial charge on any atom is 0.218 e. The Balaban J connectivity index is 2.72. The van der Waals surface area contributed by atoms with Gasteiger partial charge in [0.05, 0.1) is 5.75 Å². The fraction of sp³-hybridized carbons (Fsp3) is 0.500. The lowest BCUT2D eigenvalue weighted by Gasteiger charge is -2.19. The minimum atomic E-state index is -3.18.